The Morgan fingerprint density at radius 2 is 1.16 bits per heavy atom. The third-order valence-corrected chi connectivity index (χ3v) is 7.52. The highest BCUT2D eigenvalue weighted by molar-refractivity contribution is 5.80. The van der Waals surface area contributed by atoms with Crippen LogP contribution in [0.5, 0.6) is 0 Å². The Bertz CT molecular complexity index is 758. The molecule has 1 atom stereocenters. The predicted molar refractivity (Wildman–Crippen MR) is 180 cm³/mol. The number of rotatable bonds is 31. The average Bonchev–Trinajstić information content (AvgIpc) is 2.99. The Balaban J connectivity index is 4.15. The van der Waals surface area contributed by atoms with E-state index in [4.69, 9.17) is 9.84 Å². The fraction of sp³-hybridized carbons (Fsp3) is 0.757. The van der Waals surface area contributed by atoms with E-state index < -0.39 is 5.97 Å². The molecule has 0 saturated heterocycles. The Hall–Kier alpha value is -2.37. The molecule has 2 N–H and O–H groups in total. The van der Waals surface area contributed by atoms with Crippen LogP contribution < -0.4 is 5.32 Å². The molecule has 0 fully saturated rings. The molecule has 0 saturated carbocycles. The van der Waals surface area contributed by atoms with Crippen LogP contribution in [0.3, 0.4) is 0 Å². The summed E-state index contributed by atoms with van der Waals surface area (Å²) < 4.78 is 5.84. The lowest BCUT2D eigenvalue weighted by molar-refractivity contribution is -0.147. The van der Waals surface area contributed by atoms with Crippen molar-refractivity contribution < 1.29 is 24.2 Å². The molecule has 0 aliphatic rings. The monoisotopic (exact) mass is 603 g/mol. The molecule has 6 heteroatoms. The molecule has 0 aliphatic heterocycles. The number of hydrogen-bond donors (Lipinski definition) is 2. The molecule has 0 heterocycles. The minimum atomic E-state index is -1.03. The van der Waals surface area contributed by atoms with Gasteiger partial charge in [0, 0.05) is 12.8 Å². The molecule has 0 aromatic heterocycles. The standard InChI is InChI=1S/C37H65NO5/c1-3-5-7-9-11-12-13-14-15-16-17-18-20-22-28-32-37(42)43-34(29-25-21-19-10-8-6-4-2)30-26-23-24-27-31-35(39)38-33-36(40)41/h10,14-15,19,25,29,34H,3-9,11-13,16-18,20-24,26-28,30-33H2,1-2H3,(H,38,39)(H,40,41)/b15-14-,19-10-,29-25-. The summed E-state index contributed by atoms with van der Waals surface area (Å²) in [5, 5.41) is 11.0. The highest BCUT2D eigenvalue weighted by Gasteiger charge is 2.11. The summed E-state index contributed by atoms with van der Waals surface area (Å²) in [4.78, 5) is 34.7. The number of aliphatic carboxylic acids is 1. The van der Waals surface area contributed by atoms with Crippen LogP contribution in [0, 0.1) is 0 Å². The van der Waals surface area contributed by atoms with E-state index in [0.29, 0.717) is 12.8 Å². The smallest absolute Gasteiger partial charge is 0.322 e. The molecule has 0 rings (SSSR count). The Kier molecular flexibility index (Phi) is 30.7. The first kappa shape index (κ1) is 40.6. The van der Waals surface area contributed by atoms with Gasteiger partial charge in [-0.1, -0.05) is 121 Å². The van der Waals surface area contributed by atoms with Gasteiger partial charge in [0.1, 0.15) is 12.6 Å². The Morgan fingerprint density at radius 1 is 0.628 bits per heavy atom. The number of carbonyl (C=O) groups is 3. The molecule has 0 radical (unpaired) electrons. The van der Waals surface area contributed by atoms with E-state index >= 15 is 0 Å². The second-order valence-corrected chi connectivity index (χ2v) is 11.8. The fourth-order valence-electron chi connectivity index (χ4n) is 4.85. The van der Waals surface area contributed by atoms with Crippen molar-refractivity contribution in [3.8, 4) is 0 Å². The molecule has 1 unspecified atom stereocenters. The molecule has 6 nitrogen and oxygen atoms in total. The highest BCUT2D eigenvalue weighted by Crippen LogP contribution is 2.14. The van der Waals surface area contributed by atoms with Crippen LogP contribution in [0.4, 0.5) is 0 Å². The molecule has 43 heavy (non-hydrogen) atoms. The van der Waals surface area contributed by atoms with Gasteiger partial charge in [0.05, 0.1) is 0 Å². The number of nitrogens with one attached hydrogen (secondary N) is 1. The van der Waals surface area contributed by atoms with E-state index in [-0.39, 0.29) is 24.5 Å². The maximum Gasteiger partial charge on any atom is 0.322 e. The number of carbonyl (C=O) groups excluding carboxylic acids is 2. The molecule has 0 aliphatic carbocycles. The van der Waals surface area contributed by atoms with E-state index in [1.54, 1.807) is 0 Å². The van der Waals surface area contributed by atoms with Gasteiger partial charge in [0.25, 0.3) is 0 Å². The van der Waals surface area contributed by atoms with E-state index in [2.05, 4.69) is 49.5 Å². The zero-order valence-corrected chi connectivity index (χ0v) is 27.8. The van der Waals surface area contributed by atoms with E-state index in [1.165, 1.54) is 77.0 Å². The molecule has 1 amide bonds. The number of carboxylic acid groups (broad SMARTS) is 1. The SMILES string of the molecule is CCCC/C=C\C/C=C\C(CCCCCCC(=O)NCC(=O)O)OC(=O)CCCCCCC/C=C\CCCCCCCC. The third-order valence-electron chi connectivity index (χ3n) is 7.52. The zero-order valence-electron chi connectivity index (χ0n) is 27.8. The normalized spacial score (nSPS) is 12.4. The van der Waals surface area contributed by atoms with Crippen molar-refractivity contribution in [2.24, 2.45) is 0 Å². The summed E-state index contributed by atoms with van der Waals surface area (Å²) in [6, 6.07) is 0. The van der Waals surface area contributed by atoms with Crippen molar-refractivity contribution in [2.45, 2.75) is 174 Å². The van der Waals surface area contributed by atoms with Gasteiger partial charge < -0.3 is 15.2 Å². The van der Waals surface area contributed by atoms with Crippen molar-refractivity contribution in [3.05, 3.63) is 36.5 Å². The first-order valence-corrected chi connectivity index (χ1v) is 17.6. The highest BCUT2D eigenvalue weighted by atomic mass is 16.5. The van der Waals surface area contributed by atoms with Crippen LogP contribution in [0.15, 0.2) is 36.5 Å². The lowest BCUT2D eigenvalue weighted by Crippen LogP contribution is -2.28. The Labute approximate surface area is 264 Å². The summed E-state index contributed by atoms with van der Waals surface area (Å²) in [5.74, 6) is -1.36. The minimum Gasteiger partial charge on any atom is -0.480 e. The summed E-state index contributed by atoms with van der Waals surface area (Å²) in [6.07, 6.45) is 38.5. The van der Waals surface area contributed by atoms with Gasteiger partial charge in [-0.2, -0.15) is 0 Å². The number of esters is 1. The maximum atomic E-state index is 12.5. The van der Waals surface area contributed by atoms with Gasteiger partial charge in [0.15, 0.2) is 0 Å². The predicted octanol–water partition coefficient (Wildman–Crippen LogP) is 10.2. The van der Waals surface area contributed by atoms with Crippen LogP contribution in [0.25, 0.3) is 0 Å². The second kappa shape index (κ2) is 32.5. The van der Waals surface area contributed by atoms with Crippen LogP contribution in [-0.2, 0) is 19.1 Å². The molecular formula is C37H65NO5. The molecular weight excluding hydrogens is 538 g/mol. The molecule has 0 bridgehead atoms. The summed E-state index contributed by atoms with van der Waals surface area (Å²) >= 11 is 0. The van der Waals surface area contributed by atoms with Crippen LogP contribution in [-0.4, -0.2) is 35.6 Å². The van der Waals surface area contributed by atoms with E-state index in [0.717, 1.165) is 64.2 Å². The zero-order chi connectivity index (χ0) is 31.6. The maximum absolute atomic E-state index is 12.5. The summed E-state index contributed by atoms with van der Waals surface area (Å²) in [7, 11) is 0. The van der Waals surface area contributed by atoms with Crippen molar-refractivity contribution in [3.63, 3.8) is 0 Å². The minimum absolute atomic E-state index is 0.110. The van der Waals surface area contributed by atoms with Gasteiger partial charge >= 0.3 is 11.9 Å². The lowest BCUT2D eigenvalue weighted by atomic mass is 10.1. The second-order valence-electron chi connectivity index (χ2n) is 11.8. The molecule has 0 aromatic carbocycles. The van der Waals surface area contributed by atoms with Crippen LogP contribution in [0.2, 0.25) is 0 Å². The fourth-order valence-corrected chi connectivity index (χ4v) is 4.85. The van der Waals surface area contributed by atoms with Gasteiger partial charge in [0.2, 0.25) is 5.91 Å². The van der Waals surface area contributed by atoms with Crippen molar-refractivity contribution in [1.29, 1.82) is 0 Å². The molecule has 248 valence electrons. The average molecular weight is 604 g/mol. The van der Waals surface area contributed by atoms with Gasteiger partial charge in [-0.05, 0) is 70.3 Å². The van der Waals surface area contributed by atoms with Gasteiger partial charge in [-0.25, -0.2) is 0 Å². The number of unbranched alkanes of at least 4 members (excludes halogenated alkanes) is 16. The van der Waals surface area contributed by atoms with Crippen molar-refractivity contribution in [1.82, 2.24) is 5.32 Å². The van der Waals surface area contributed by atoms with E-state index in [1.807, 2.05) is 6.08 Å². The van der Waals surface area contributed by atoms with Crippen molar-refractivity contribution >= 4 is 17.8 Å². The van der Waals surface area contributed by atoms with Crippen molar-refractivity contribution in [2.75, 3.05) is 6.54 Å². The molecule has 0 spiro atoms. The number of hydrogen-bond acceptors (Lipinski definition) is 4. The van der Waals surface area contributed by atoms with Gasteiger partial charge in [-0.15, -0.1) is 0 Å². The third kappa shape index (κ3) is 32.4. The lowest BCUT2D eigenvalue weighted by Gasteiger charge is -2.14. The molecule has 0 aromatic rings. The topological polar surface area (TPSA) is 92.7 Å². The first-order chi connectivity index (χ1) is 21.0. The number of carboxylic acids is 1. The first-order valence-electron chi connectivity index (χ1n) is 17.6. The van der Waals surface area contributed by atoms with E-state index in [9.17, 15) is 14.4 Å². The number of amides is 1. The van der Waals surface area contributed by atoms with Crippen LogP contribution >= 0.6 is 0 Å². The number of allylic oxidation sites excluding steroid dienone is 5. The quantitative estimate of drug-likeness (QED) is 0.0467. The summed E-state index contributed by atoms with van der Waals surface area (Å²) in [5.41, 5.74) is 0. The largest absolute Gasteiger partial charge is 0.480 e. The number of ether oxygens (including phenoxy) is 1. The van der Waals surface area contributed by atoms with Gasteiger partial charge in [-0.3, -0.25) is 14.4 Å². The van der Waals surface area contributed by atoms with Crippen LogP contribution in [0.1, 0.15) is 168 Å². The summed E-state index contributed by atoms with van der Waals surface area (Å²) in [6.45, 7) is 4.12. The Morgan fingerprint density at radius 3 is 1.81 bits per heavy atom.